The van der Waals surface area contributed by atoms with Gasteiger partial charge < -0.3 is 14.4 Å². The third-order valence-electron chi connectivity index (χ3n) is 5.18. The standard InChI is InChI=1S/C20H21F2N5S/c1-24-19(15-2-4-16(21)5-3-15)23-27(20(24)28)14-25-10-12-26(13-11-25)18-8-6-17(22)7-9-18/h2-9H,10-14H2,1H3/p+1. The van der Waals surface area contributed by atoms with Gasteiger partial charge in [0.05, 0.1) is 26.2 Å². The molecule has 1 fully saturated rings. The van der Waals surface area contributed by atoms with Gasteiger partial charge in [0, 0.05) is 18.3 Å². The quantitative estimate of drug-likeness (QED) is 0.679. The minimum Gasteiger partial charge on any atom is -0.360 e. The fraction of sp³-hybridized carbons (Fsp3) is 0.300. The topological polar surface area (TPSA) is 30.4 Å². The highest BCUT2D eigenvalue weighted by Gasteiger charge is 2.22. The monoisotopic (exact) mass is 402 g/mol. The highest BCUT2D eigenvalue weighted by Crippen LogP contribution is 2.18. The van der Waals surface area contributed by atoms with Crippen LogP contribution in [-0.4, -0.2) is 40.5 Å². The molecule has 2 aromatic carbocycles. The van der Waals surface area contributed by atoms with Crippen LogP contribution in [0.1, 0.15) is 0 Å². The minimum absolute atomic E-state index is 0.213. The smallest absolute Gasteiger partial charge is 0.202 e. The highest BCUT2D eigenvalue weighted by molar-refractivity contribution is 7.71. The molecule has 0 saturated carbocycles. The lowest BCUT2D eigenvalue weighted by Gasteiger charge is -2.33. The van der Waals surface area contributed by atoms with Crippen LogP contribution < -0.4 is 9.80 Å². The Morgan fingerprint density at radius 2 is 1.54 bits per heavy atom. The zero-order valence-electron chi connectivity index (χ0n) is 15.6. The molecule has 0 radical (unpaired) electrons. The second kappa shape index (κ2) is 7.81. The van der Waals surface area contributed by atoms with E-state index < -0.39 is 0 Å². The summed E-state index contributed by atoms with van der Waals surface area (Å²) in [5.41, 5.74) is 1.89. The molecule has 0 amide bonds. The normalized spacial score (nSPS) is 15.2. The first kappa shape index (κ1) is 18.8. The van der Waals surface area contributed by atoms with E-state index in [0.717, 1.165) is 43.3 Å². The van der Waals surface area contributed by atoms with Gasteiger partial charge in [0.2, 0.25) is 4.77 Å². The summed E-state index contributed by atoms with van der Waals surface area (Å²) in [5.74, 6) is 0.247. The summed E-state index contributed by atoms with van der Waals surface area (Å²) in [4.78, 5) is 3.66. The maximum atomic E-state index is 13.2. The molecule has 1 aliphatic heterocycles. The molecular weight excluding hydrogens is 380 g/mol. The molecule has 2 heterocycles. The van der Waals surface area contributed by atoms with Gasteiger partial charge in [-0.25, -0.2) is 8.78 Å². The number of anilines is 1. The van der Waals surface area contributed by atoms with Crippen molar-refractivity contribution in [2.45, 2.75) is 6.67 Å². The average molecular weight is 402 g/mol. The Hall–Kier alpha value is -2.58. The fourth-order valence-corrected chi connectivity index (χ4v) is 3.74. The van der Waals surface area contributed by atoms with Crippen molar-refractivity contribution >= 4 is 17.9 Å². The van der Waals surface area contributed by atoms with E-state index in [-0.39, 0.29) is 11.6 Å². The largest absolute Gasteiger partial charge is 0.360 e. The van der Waals surface area contributed by atoms with Gasteiger partial charge in [0.1, 0.15) is 11.6 Å². The van der Waals surface area contributed by atoms with E-state index in [4.69, 9.17) is 12.2 Å². The van der Waals surface area contributed by atoms with Gasteiger partial charge in [-0.3, -0.25) is 0 Å². The third kappa shape index (κ3) is 3.83. The van der Waals surface area contributed by atoms with Crippen LogP contribution in [0.2, 0.25) is 0 Å². The number of quaternary nitrogens is 1. The average Bonchev–Trinajstić information content (AvgIpc) is 2.98. The molecule has 1 saturated heterocycles. The highest BCUT2D eigenvalue weighted by atomic mass is 32.1. The first-order valence-electron chi connectivity index (χ1n) is 9.25. The van der Waals surface area contributed by atoms with Crippen LogP contribution in [0.3, 0.4) is 0 Å². The summed E-state index contributed by atoms with van der Waals surface area (Å²) >= 11 is 5.55. The summed E-state index contributed by atoms with van der Waals surface area (Å²) in [5, 5.41) is 4.67. The molecule has 0 bridgehead atoms. The van der Waals surface area contributed by atoms with E-state index >= 15 is 0 Å². The number of rotatable bonds is 4. The first-order chi connectivity index (χ1) is 13.5. The van der Waals surface area contributed by atoms with E-state index in [9.17, 15) is 8.78 Å². The van der Waals surface area contributed by atoms with Crippen LogP contribution in [0.5, 0.6) is 0 Å². The molecule has 0 aliphatic carbocycles. The Kier molecular flexibility index (Phi) is 5.23. The lowest BCUT2D eigenvalue weighted by molar-refractivity contribution is -0.924. The summed E-state index contributed by atoms with van der Waals surface area (Å²) < 4.78 is 30.7. The van der Waals surface area contributed by atoms with Gasteiger partial charge in [-0.2, -0.15) is 4.68 Å². The number of nitrogens with zero attached hydrogens (tertiary/aromatic N) is 4. The lowest BCUT2D eigenvalue weighted by atomic mass is 10.2. The van der Waals surface area contributed by atoms with Crippen molar-refractivity contribution in [3.8, 4) is 11.4 Å². The molecule has 1 aliphatic rings. The van der Waals surface area contributed by atoms with Crippen molar-refractivity contribution in [2.24, 2.45) is 7.05 Å². The van der Waals surface area contributed by atoms with Gasteiger partial charge in [-0.1, -0.05) is 0 Å². The van der Waals surface area contributed by atoms with Crippen molar-refractivity contribution in [1.82, 2.24) is 14.3 Å². The Labute approximate surface area is 167 Å². The third-order valence-corrected chi connectivity index (χ3v) is 5.66. The Bertz CT molecular complexity index is 1000. The summed E-state index contributed by atoms with van der Waals surface area (Å²) in [6, 6.07) is 12.9. The van der Waals surface area contributed by atoms with Gasteiger partial charge in [0.15, 0.2) is 12.5 Å². The van der Waals surface area contributed by atoms with E-state index in [0.29, 0.717) is 11.4 Å². The molecule has 4 rings (SSSR count). The molecule has 1 N–H and O–H groups in total. The zero-order chi connectivity index (χ0) is 19.7. The number of nitrogens with one attached hydrogen (secondary N) is 1. The molecule has 0 spiro atoms. The van der Waals surface area contributed by atoms with E-state index in [2.05, 4.69) is 10.00 Å². The second-order valence-electron chi connectivity index (χ2n) is 7.04. The SMILES string of the molecule is Cn1c(-c2ccc(F)cc2)nn(C[NH+]2CCN(c3ccc(F)cc3)CC2)c1=S. The fourth-order valence-electron chi connectivity index (χ4n) is 3.54. The number of piperazine rings is 1. The molecule has 0 unspecified atom stereocenters. The van der Waals surface area contributed by atoms with E-state index in [1.807, 2.05) is 28.4 Å². The first-order valence-corrected chi connectivity index (χ1v) is 9.66. The van der Waals surface area contributed by atoms with Gasteiger partial charge >= 0.3 is 0 Å². The number of hydrogen-bond donors (Lipinski definition) is 1. The Balaban J connectivity index is 1.44. The zero-order valence-corrected chi connectivity index (χ0v) is 16.4. The summed E-state index contributed by atoms with van der Waals surface area (Å²) in [7, 11) is 1.88. The van der Waals surface area contributed by atoms with Crippen LogP contribution in [0.25, 0.3) is 11.4 Å². The molecule has 0 atom stereocenters. The van der Waals surface area contributed by atoms with Crippen molar-refractivity contribution < 1.29 is 13.7 Å². The Morgan fingerprint density at radius 3 is 2.14 bits per heavy atom. The van der Waals surface area contributed by atoms with Crippen molar-refractivity contribution in [3.05, 3.63) is 64.9 Å². The molecule has 5 nitrogen and oxygen atoms in total. The van der Waals surface area contributed by atoms with Crippen LogP contribution >= 0.6 is 12.2 Å². The maximum absolute atomic E-state index is 13.2. The van der Waals surface area contributed by atoms with Gasteiger partial charge in [-0.05, 0) is 60.7 Å². The molecule has 3 aromatic rings. The second-order valence-corrected chi connectivity index (χ2v) is 7.41. The molecule has 1 aromatic heterocycles. The predicted molar refractivity (Wildman–Crippen MR) is 107 cm³/mol. The number of benzene rings is 2. The van der Waals surface area contributed by atoms with Crippen LogP contribution in [-0.2, 0) is 13.7 Å². The predicted octanol–water partition coefficient (Wildman–Crippen LogP) is 2.26. The Morgan fingerprint density at radius 1 is 0.964 bits per heavy atom. The number of hydrogen-bond acceptors (Lipinski definition) is 3. The van der Waals surface area contributed by atoms with Gasteiger partial charge in [0.25, 0.3) is 0 Å². The molecular formula is C20H22F2N5S+. The van der Waals surface area contributed by atoms with Crippen LogP contribution in [0.15, 0.2) is 48.5 Å². The number of halogens is 2. The molecule has 28 heavy (non-hydrogen) atoms. The molecule has 8 heteroatoms. The number of aromatic nitrogens is 3. The van der Waals surface area contributed by atoms with Gasteiger partial charge in [-0.15, -0.1) is 5.10 Å². The van der Waals surface area contributed by atoms with E-state index in [1.54, 1.807) is 12.1 Å². The van der Waals surface area contributed by atoms with E-state index in [1.165, 1.54) is 29.2 Å². The summed E-state index contributed by atoms with van der Waals surface area (Å²) in [6.07, 6.45) is 0. The van der Waals surface area contributed by atoms with Crippen LogP contribution in [0, 0.1) is 16.4 Å². The van der Waals surface area contributed by atoms with Crippen LogP contribution in [0.4, 0.5) is 14.5 Å². The summed E-state index contributed by atoms with van der Waals surface area (Å²) in [6.45, 7) is 4.37. The minimum atomic E-state index is -0.270. The van der Waals surface area contributed by atoms with Crippen molar-refractivity contribution in [1.29, 1.82) is 0 Å². The van der Waals surface area contributed by atoms with Crippen molar-refractivity contribution in [2.75, 3.05) is 31.1 Å². The maximum Gasteiger partial charge on any atom is 0.202 e. The lowest BCUT2D eigenvalue weighted by Crippen LogP contribution is -3.14. The van der Waals surface area contributed by atoms with Crippen molar-refractivity contribution in [3.63, 3.8) is 0 Å². The molecule has 146 valence electrons.